The molecule has 2 atom stereocenters. The molecule has 0 aliphatic heterocycles. The van der Waals surface area contributed by atoms with Crippen molar-refractivity contribution in [1.82, 2.24) is 4.98 Å². The first kappa shape index (κ1) is 10.2. The molecular weight excluding hydrogens is 238 g/mol. The van der Waals surface area contributed by atoms with Gasteiger partial charge in [-0.25, -0.2) is 0 Å². The Kier molecular flexibility index (Phi) is 2.65. The van der Waals surface area contributed by atoms with Gasteiger partial charge in [0.05, 0.1) is 0 Å². The number of pyridine rings is 1. The molecule has 1 aromatic heterocycles. The molecule has 1 saturated carbocycles. The van der Waals surface area contributed by atoms with Gasteiger partial charge in [0.15, 0.2) is 0 Å². The lowest BCUT2D eigenvalue weighted by molar-refractivity contribution is 0.488. The molecule has 0 N–H and O–H groups in total. The molecule has 0 bridgehead atoms. The fraction of sp³-hybridized carbons (Fsp3) is 0.583. The standard InChI is InChI=1S/C12H16BrN/c1-9-4-6-14-8-11(9)12(2)5-3-10(13)7-12/h4,6,8,10H,3,5,7H2,1-2H3. The van der Waals surface area contributed by atoms with Gasteiger partial charge in [-0.3, -0.25) is 4.98 Å². The number of nitrogens with zero attached hydrogens (tertiary/aromatic N) is 1. The Hall–Kier alpha value is -0.370. The Morgan fingerprint density at radius 2 is 2.36 bits per heavy atom. The number of aryl methyl sites for hydroxylation is 1. The number of aromatic nitrogens is 1. The molecule has 1 nitrogen and oxygen atoms in total. The van der Waals surface area contributed by atoms with Crippen LogP contribution in [0.3, 0.4) is 0 Å². The molecule has 1 aliphatic rings. The first-order chi connectivity index (χ1) is 6.62. The highest BCUT2D eigenvalue weighted by atomic mass is 79.9. The van der Waals surface area contributed by atoms with Crippen molar-refractivity contribution in [1.29, 1.82) is 0 Å². The molecule has 0 aromatic carbocycles. The topological polar surface area (TPSA) is 12.9 Å². The zero-order valence-electron chi connectivity index (χ0n) is 8.76. The van der Waals surface area contributed by atoms with Crippen LogP contribution in [0.1, 0.15) is 37.3 Å². The van der Waals surface area contributed by atoms with E-state index in [4.69, 9.17) is 0 Å². The van der Waals surface area contributed by atoms with Gasteiger partial charge >= 0.3 is 0 Å². The van der Waals surface area contributed by atoms with E-state index in [9.17, 15) is 0 Å². The number of alkyl halides is 1. The summed E-state index contributed by atoms with van der Waals surface area (Å²) in [6, 6.07) is 2.11. The summed E-state index contributed by atoms with van der Waals surface area (Å²) in [6.07, 6.45) is 7.71. The van der Waals surface area contributed by atoms with Gasteiger partial charge in [0, 0.05) is 17.2 Å². The predicted molar refractivity (Wildman–Crippen MR) is 62.9 cm³/mol. The fourth-order valence-electron chi connectivity index (χ4n) is 2.51. The lowest BCUT2D eigenvalue weighted by atomic mass is 9.80. The van der Waals surface area contributed by atoms with Gasteiger partial charge < -0.3 is 0 Å². The van der Waals surface area contributed by atoms with Crippen LogP contribution in [-0.2, 0) is 5.41 Å². The molecule has 0 amide bonds. The van der Waals surface area contributed by atoms with Gasteiger partial charge in [-0.05, 0) is 48.8 Å². The monoisotopic (exact) mass is 253 g/mol. The molecule has 2 heteroatoms. The summed E-state index contributed by atoms with van der Waals surface area (Å²) in [5.41, 5.74) is 3.15. The summed E-state index contributed by atoms with van der Waals surface area (Å²) in [5, 5.41) is 0. The molecule has 1 heterocycles. The number of halogens is 1. The fourth-order valence-corrected chi connectivity index (χ4v) is 3.45. The molecule has 0 saturated heterocycles. The van der Waals surface area contributed by atoms with Crippen molar-refractivity contribution >= 4 is 15.9 Å². The zero-order valence-corrected chi connectivity index (χ0v) is 10.3. The van der Waals surface area contributed by atoms with Crippen LogP contribution in [-0.4, -0.2) is 9.81 Å². The minimum absolute atomic E-state index is 0.340. The number of hydrogen-bond acceptors (Lipinski definition) is 1. The highest BCUT2D eigenvalue weighted by molar-refractivity contribution is 9.09. The van der Waals surface area contributed by atoms with Crippen LogP contribution in [0.2, 0.25) is 0 Å². The van der Waals surface area contributed by atoms with Gasteiger partial charge in [0.1, 0.15) is 0 Å². The van der Waals surface area contributed by atoms with Gasteiger partial charge in [0.25, 0.3) is 0 Å². The maximum Gasteiger partial charge on any atom is 0.0308 e. The molecule has 2 unspecified atom stereocenters. The highest BCUT2D eigenvalue weighted by Crippen LogP contribution is 2.44. The summed E-state index contributed by atoms with van der Waals surface area (Å²) in [5.74, 6) is 0. The second kappa shape index (κ2) is 3.65. The van der Waals surface area contributed by atoms with Crippen LogP contribution in [0.25, 0.3) is 0 Å². The smallest absolute Gasteiger partial charge is 0.0308 e. The van der Waals surface area contributed by atoms with Crippen LogP contribution in [0.5, 0.6) is 0 Å². The predicted octanol–water partition coefficient (Wildman–Crippen LogP) is 3.60. The Bertz CT molecular complexity index is 337. The molecule has 1 fully saturated rings. The lowest BCUT2D eigenvalue weighted by Crippen LogP contribution is -2.19. The molecule has 0 radical (unpaired) electrons. The van der Waals surface area contributed by atoms with Crippen LogP contribution >= 0.6 is 15.9 Å². The van der Waals surface area contributed by atoms with Gasteiger partial charge in [0.2, 0.25) is 0 Å². The third-order valence-electron chi connectivity index (χ3n) is 3.37. The minimum atomic E-state index is 0.340. The summed E-state index contributed by atoms with van der Waals surface area (Å²) >= 11 is 3.72. The first-order valence-corrected chi connectivity index (χ1v) is 6.08. The normalized spacial score (nSPS) is 32.1. The van der Waals surface area contributed by atoms with E-state index >= 15 is 0 Å². The molecule has 76 valence electrons. The van der Waals surface area contributed by atoms with Crippen LogP contribution in [0, 0.1) is 6.92 Å². The number of hydrogen-bond donors (Lipinski definition) is 0. The van der Waals surface area contributed by atoms with Crippen LogP contribution in [0.15, 0.2) is 18.5 Å². The Morgan fingerprint density at radius 1 is 1.57 bits per heavy atom. The maximum atomic E-state index is 4.25. The summed E-state index contributed by atoms with van der Waals surface area (Å²) < 4.78 is 0. The van der Waals surface area contributed by atoms with Gasteiger partial charge in [-0.1, -0.05) is 22.9 Å². The second-order valence-corrected chi connectivity index (χ2v) is 5.89. The molecule has 2 rings (SSSR count). The van der Waals surface area contributed by atoms with Crippen molar-refractivity contribution in [3.05, 3.63) is 29.6 Å². The minimum Gasteiger partial charge on any atom is -0.264 e. The van der Waals surface area contributed by atoms with Crippen molar-refractivity contribution in [2.45, 2.75) is 43.4 Å². The third kappa shape index (κ3) is 1.72. The van der Waals surface area contributed by atoms with E-state index in [-0.39, 0.29) is 0 Å². The van der Waals surface area contributed by atoms with E-state index in [1.54, 1.807) is 0 Å². The van der Waals surface area contributed by atoms with Crippen molar-refractivity contribution in [3.63, 3.8) is 0 Å². The second-order valence-electron chi connectivity index (χ2n) is 4.59. The largest absolute Gasteiger partial charge is 0.264 e. The van der Waals surface area contributed by atoms with Gasteiger partial charge in [-0.15, -0.1) is 0 Å². The van der Waals surface area contributed by atoms with Crippen molar-refractivity contribution in [3.8, 4) is 0 Å². The van der Waals surface area contributed by atoms with Gasteiger partial charge in [-0.2, -0.15) is 0 Å². The Labute approximate surface area is 94.1 Å². The van der Waals surface area contributed by atoms with Crippen molar-refractivity contribution < 1.29 is 0 Å². The molecular formula is C12H16BrN. The quantitative estimate of drug-likeness (QED) is 0.698. The Balaban J connectivity index is 2.35. The molecule has 0 spiro atoms. The van der Waals surface area contributed by atoms with E-state index in [1.165, 1.54) is 30.4 Å². The summed E-state index contributed by atoms with van der Waals surface area (Å²) in [6.45, 7) is 4.54. The van der Waals surface area contributed by atoms with Crippen LogP contribution < -0.4 is 0 Å². The SMILES string of the molecule is Cc1ccncc1C1(C)CCC(Br)C1. The van der Waals surface area contributed by atoms with Crippen LogP contribution in [0.4, 0.5) is 0 Å². The number of rotatable bonds is 1. The molecule has 1 aromatic rings. The third-order valence-corrected chi connectivity index (χ3v) is 4.15. The van der Waals surface area contributed by atoms with Crippen molar-refractivity contribution in [2.24, 2.45) is 0 Å². The molecule has 14 heavy (non-hydrogen) atoms. The van der Waals surface area contributed by atoms with Crippen molar-refractivity contribution in [2.75, 3.05) is 0 Å². The summed E-state index contributed by atoms with van der Waals surface area (Å²) in [7, 11) is 0. The van der Waals surface area contributed by atoms with E-state index in [0.717, 1.165) is 0 Å². The first-order valence-electron chi connectivity index (χ1n) is 5.17. The zero-order chi connectivity index (χ0) is 10.2. The lowest BCUT2D eigenvalue weighted by Gasteiger charge is -2.25. The van der Waals surface area contributed by atoms with E-state index in [2.05, 4.69) is 40.8 Å². The van der Waals surface area contributed by atoms with E-state index in [0.29, 0.717) is 10.2 Å². The maximum absolute atomic E-state index is 4.25. The molecule has 1 aliphatic carbocycles. The van der Waals surface area contributed by atoms with E-state index < -0.39 is 0 Å². The Morgan fingerprint density at radius 3 is 2.93 bits per heavy atom. The summed E-state index contributed by atoms with van der Waals surface area (Å²) in [4.78, 5) is 4.93. The average molecular weight is 254 g/mol. The average Bonchev–Trinajstić information content (AvgIpc) is 2.48. The highest BCUT2D eigenvalue weighted by Gasteiger charge is 2.36. The van der Waals surface area contributed by atoms with E-state index in [1.807, 2.05) is 12.4 Å².